The normalized spacial score (nSPS) is 11.1. The molecule has 3 nitrogen and oxygen atoms in total. The molecule has 0 fully saturated rings. The number of carbonyl (C=O) groups is 1. The Balaban J connectivity index is 0. The molecule has 0 saturated heterocycles. The summed E-state index contributed by atoms with van der Waals surface area (Å²) < 4.78 is 1.42. The highest BCUT2D eigenvalue weighted by Crippen LogP contribution is 2.16. The zero-order valence-corrected chi connectivity index (χ0v) is 19.5. The number of hydrogen-bond donors (Lipinski definition) is 0. The first-order valence-electron chi connectivity index (χ1n) is 12.1. The predicted octanol–water partition coefficient (Wildman–Crippen LogP) is 6.10. The molecule has 0 spiro atoms. The van der Waals surface area contributed by atoms with Crippen LogP contribution in [0.5, 0.6) is 0 Å². The average molecular weight is 386 g/mol. The molecule has 0 amide bonds. The van der Waals surface area contributed by atoms with Crippen LogP contribution in [0.1, 0.15) is 125 Å². The van der Waals surface area contributed by atoms with Gasteiger partial charge in [-0.05, 0) is 38.5 Å². The number of carbonyl (C=O) groups excluding carboxylic acids is 1. The van der Waals surface area contributed by atoms with Crippen LogP contribution in [-0.4, -0.2) is 36.6 Å². The molecule has 3 heteroatoms. The van der Waals surface area contributed by atoms with Crippen LogP contribution in [0.4, 0.5) is 0 Å². The minimum absolute atomic E-state index is 0.226. The SMILES string of the molecule is CCCCCCCC(=O)[O-].CCCC[N+](CCCC)(CCCC)CCCC. The Morgan fingerprint density at radius 1 is 0.556 bits per heavy atom. The molecule has 0 aromatic carbocycles. The highest BCUT2D eigenvalue weighted by atomic mass is 16.4. The molecular weight excluding hydrogens is 334 g/mol. The first-order valence-corrected chi connectivity index (χ1v) is 12.1. The van der Waals surface area contributed by atoms with Crippen LogP contribution in [0.3, 0.4) is 0 Å². The summed E-state index contributed by atoms with van der Waals surface area (Å²) >= 11 is 0. The van der Waals surface area contributed by atoms with Crippen molar-refractivity contribution in [2.75, 3.05) is 26.2 Å². The molecule has 164 valence electrons. The Morgan fingerprint density at radius 2 is 0.889 bits per heavy atom. The van der Waals surface area contributed by atoms with Gasteiger partial charge in [0.05, 0.1) is 26.2 Å². The largest absolute Gasteiger partial charge is 0.550 e. The fraction of sp³-hybridized carbons (Fsp3) is 0.958. The first kappa shape index (κ1) is 28.6. The molecule has 0 aliphatic rings. The van der Waals surface area contributed by atoms with E-state index in [0.717, 1.165) is 19.3 Å². The van der Waals surface area contributed by atoms with E-state index < -0.39 is 5.97 Å². The van der Waals surface area contributed by atoms with E-state index in [1.807, 2.05) is 0 Å². The van der Waals surface area contributed by atoms with Gasteiger partial charge < -0.3 is 14.4 Å². The molecule has 0 heterocycles. The quantitative estimate of drug-likeness (QED) is 0.211. The predicted molar refractivity (Wildman–Crippen MR) is 118 cm³/mol. The molecule has 27 heavy (non-hydrogen) atoms. The summed E-state index contributed by atoms with van der Waals surface area (Å²) in [6, 6.07) is 0. The first-order chi connectivity index (χ1) is 13.0. The van der Waals surface area contributed by atoms with E-state index in [-0.39, 0.29) is 6.42 Å². The van der Waals surface area contributed by atoms with Gasteiger partial charge in [-0.3, -0.25) is 0 Å². The van der Waals surface area contributed by atoms with E-state index in [4.69, 9.17) is 0 Å². The minimum atomic E-state index is -0.920. The van der Waals surface area contributed by atoms with Crippen molar-refractivity contribution in [2.45, 2.75) is 125 Å². The third-order valence-corrected chi connectivity index (χ3v) is 5.43. The summed E-state index contributed by atoms with van der Waals surface area (Å²) in [6.45, 7) is 17.2. The number of nitrogens with zero attached hydrogens (tertiary/aromatic N) is 1. The van der Waals surface area contributed by atoms with Crippen LogP contribution < -0.4 is 5.11 Å². The Bertz CT molecular complexity index is 267. The topological polar surface area (TPSA) is 40.1 Å². The molecule has 0 rings (SSSR count). The lowest BCUT2D eigenvalue weighted by Crippen LogP contribution is -2.50. The summed E-state index contributed by atoms with van der Waals surface area (Å²) in [5.41, 5.74) is 0. The van der Waals surface area contributed by atoms with Crippen LogP contribution >= 0.6 is 0 Å². The second-order valence-corrected chi connectivity index (χ2v) is 8.19. The molecule has 0 unspecified atom stereocenters. The van der Waals surface area contributed by atoms with Crippen molar-refractivity contribution in [3.8, 4) is 0 Å². The van der Waals surface area contributed by atoms with Crippen LogP contribution in [0.15, 0.2) is 0 Å². The maximum atomic E-state index is 9.92. The van der Waals surface area contributed by atoms with Crippen molar-refractivity contribution in [1.29, 1.82) is 0 Å². The van der Waals surface area contributed by atoms with E-state index >= 15 is 0 Å². The molecule has 0 aromatic heterocycles. The summed E-state index contributed by atoms with van der Waals surface area (Å²) in [5.74, 6) is -0.920. The number of hydrogen-bond acceptors (Lipinski definition) is 2. The molecule has 0 atom stereocenters. The van der Waals surface area contributed by atoms with Gasteiger partial charge in [0.15, 0.2) is 0 Å². The zero-order chi connectivity index (χ0) is 20.8. The second-order valence-electron chi connectivity index (χ2n) is 8.19. The molecule has 0 saturated carbocycles. The number of carboxylic acid groups (broad SMARTS) is 1. The van der Waals surface area contributed by atoms with Gasteiger partial charge in [-0.1, -0.05) is 86.0 Å². The van der Waals surface area contributed by atoms with Gasteiger partial charge in [0, 0.05) is 5.97 Å². The number of rotatable bonds is 18. The number of unbranched alkanes of at least 4 members (excludes halogenated alkanes) is 8. The van der Waals surface area contributed by atoms with Gasteiger partial charge in [0.1, 0.15) is 0 Å². The van der Waals surface area contributed by atoms with E-state index in [9.17, 15) is 9.90 Å². The van der Waals surface area contributed by atoms with Crippen molar-refractivity contribution < 1.29 is 14.4 Å². The lowest BCUT2D eigenvalue weighted by Gasteiger charge is -2.39. The van der Waals surface area contributed by atoms with Crippen LogP contribution in [0, 0.1) is 0 Å². The van der Waals surface area contributed by atoms with Crippen molar-refractivity contribution in [3.63, 3.8) is 0 Å². The Labute approximate surface area is 171 Å². The third-order valence-electron chi connectivity index (χ3n) is 5.43. The Morgan fingerprint density at radius 3 is 1.19 bits per heavy atom. The fourth-order valence-electron chi connectivity index (χ4n) is 3.52. The van der Waals surface area contributed by atoms with Gasteiger partial charge in [-0.25, -0.2) is 0 Å². The van der Waals surface area contributed by atoms with E-state index in [0.29, 0.717) is 0 Å². The summed E-state index contributed by atoms with van der Waals surface area (Å²) in [5, 5.41) is 9.92. The highest BCUT2D eigenvalue weighted by Gasteiger charge is 2.24. The van der Waals surface area contributed by atoms with Crippen LogP contribution in [0.2, 0.25) is 0 Å². The molecule has 0 bridgehead atoms. The van der Waals surface area contributed by atoms with Crippen molar-refractivity contribution >= 4 is 5.97 Å². The van der Waals surface area contributed by atoms with Gasteiger partial charge in [0.2, 0.25) is 0 Å². The third kappa shape index (κ3) is 20.0. The van der Waals surface area contributed by atoms with Gasteiger partial charge in [-0.15, -0.1) is 0 Å². The molecule has 0 aromatic rings. The molecular formula is C24H51NO2. The highest BCUT2D eigenvalue weighted by molar-refractivity contribution is 5.63. The molecule has 0 aliphatic heterocycles. The minimum Gasteiger partial charge on any atom is -0.550 e. The lowest BCUT2D eigenvalue weighted by atomic mass is 10.1. The average Bonchev–Trinajstić information content (AvgIpc) is 2.67. The van der Waals surface area contributed by atoms with Crippen molar-refractivity contribution in [1.82, 2.24) is 0 Å². The zero-order valence-electron chi connectivity index (χ0n) is 19.5. The standard InChI is InChI=1S/C16H36N.C8H16O2/c1-5-9-13-17(14-10-6-2,15-11-7-3)16-12-8-4;1-2-3-4-5-6-7-8(9)10/h5-16H2,1-4H3;2-7H2,1H3,(H,9,10)/q+1;/p-1. The Kier molecular flexibility index (Phi) is 23.0. The number of carboxylic acids is 1. The molecule has 0 radical (unpaired) electrons. The van der Waals surface area contributed by atoms with Crippen LogP contribution in [-0.2, 0) is 4.79 Å². The summed E-state index contributed by atoms with van der Waals surface area (Å²) in [7, 11) is 0. The van der Waals surface area contributed by atoms with Crippen molar-refractivity contribution in [2.24, 2.45) is 0 Å². The van der Waals surface area contributed by atoms with E-state index in [1.165, 1.54) is 94.9 Å². The van der Waals surface area contributed by atoms with Gasteiger partial charge in [-0.2, -0.15) is 0 Å². The molecule has 0 aliphatic carbocycles. The maximum Gasteiger partial charge on any atom is 0.0786 e. The Hall–Kier alpha value is -0.570. The monoisotopic (exact) mass is 385 g/mol. The van der Waals surface area contributed by atoms with E-state index in [2.05, 4.69) is 34.6 Å². The summed E-state index contributed by atoms with van der Waals surface area (Å²) in [4.78, 5) is 9.92. The van der Waals surface area contributed by atoms with Gasteiger partial charge in [0.25, 0.3) is 0 Å². The smallest absolute Gasteiger partial charge is 0.0786 e. The van der Waals surface area contributed by atoms with Crippen LogP contribution in [0.25, 0.3) is 0 Å². The van der Waals surface area contributed by atoms with E-state index in [1.54, 1.807) is 0 Å². The maximum absolute atomic E-state index is 9.92. The lowest BCUT2D eigenvalue weighted by molar-refractivity contribution is -0.929. The number of aliphatic carboxylic acids is 1. The van der Waals surface area contributed by atoms with Gasteiger partial charge >= 0.3 is 0 Å². The molecule has 0 N–H and O–H groups in total. The number of quaternary nitrogens is 1. The summed E-state index contributed by atoms with van der Waals surface area (Å²) in [6.07, 6.45) is 16.7. The second kappa shape index (κ2) is 21.7. The fourth-order valence-corrected chi connectivity index (χ4v) is 3.52. The van der Waals surface area contributed by atoms with Crippen molar-refractivity contribution in [3.05, 3.63) is 0 Å².